The summed E-state index contributed by atoms with van der Waals surface area (Å²) in [6.45, 7) is 8.78. The molecule has 0 radical (unpaired) electrons. The van der Waals surface area contributed by atoms with Crippen molar-refractivity contribution in [3.8, 4) is 0 Å². The van der Waals surface area contributed by atoms with Crippen LogP contribution in [-0.2, 0) is 5.41 Å². The van der Waals surface area contributed by atoms with E-state index in [-0.39, 0.29) is 11.5 Å². The van der Waals surface area contributed by atoms with E-state index in [1.807, 2.05) is 12.1 Å². The third kappa shape index (κ3) is 4.30. The van der Waals surface area contributed by atoms with Crippen LogP contribution in [0.15, 0.2) is 24.3 Å². The van der Waals surface area contributed by atoms with E-state index >= 15 is 0 Å². The lowest BCUT2D eigenvalue weighted by atomic mass is 9.59. The maximum atomic E-state index is 6.28. The Kier molecular flexibility index (Phi) is 6.69. The highest BCUT2D eigenvalue weighted by atomic mass is 35.5. The predicted molar refractivity (Wildman–Crippen MR) is 109 cm³/mol. The maximum absolute atomic E-state index is 6.28. The van der Waals surface area contributed by atoms with Gasteiger partial charge in [-0.15, -0.1) is 0 Å². The molecule has 1 saturated carbocycles. The second kappa shape index (κ2) is 8.16. The normalized spacial score (nSPS) is 19.0. The van der Waals surface area contributed by atoms with Crippen LogP contribution in [-0.4, -0.2) is 17.1 Å². The molecule has 3 N–H and O–H groups in total. The van der Waals surface area contributed by atoms with Crippen LogP contribution in [0.5, 0.6) is 0 Å². The number of nitrogens with one attached hydrogen (secondary N) is 1. The molecular weight excluding hydrogens is 336 g/mol. The van der Waals surface area contributed by atoms with Gasteiger partial charge in [-0.3, -0.25) is 0 Å². The number of thiocarbonyl (C=S) groups is 1. The topological polar surface area (TPSA) is 38.0 Å². The van der Waals surface area contributed by atoms with Crippen molar-refractivity contribution in [2.24, 2.45) is 17.6 Å². The molecule has 2 atom stereocenters. The molecule has 2 rings (SSSR count). The van der Waals surface area contributed by atoms with Crippen LogP contribution in [0, 0.1) is 11.8 Å². The van der Waals surface area contributed by atoms with Gasteiger partial charge < -0.3 is 11.1 Å². The molecule has 0 bridgehead atoms. The van der Waals surface area contributed by atoms with Crippen LogP contribution in [0.4, 0.5) is 0 Å². The standard InChI is InChI=1S/C20H31ClN2S/c1-13(2)12-17(23-19(24)18(22)14(3)4)20(10-5-11-20)15-6-8-16(21)9-7-15/h6-9,13-14,17-18H,5,10-12,22H2,1-4H3,(H,23,24). The van der Waals surface area contributed by atoms with Gasteiger partial charge in [0.05, 0.1) is 11.0 Å². The van der Waals surface area contributed by atoms with Crippen molar-refractivity contribution in [2.75, 3.05) is 0 Å². The summed E-state index contributed by atoms with van der Waals surface area (Å²) in [5, 5.41) is 4.45. The lowest BCUT2D eigenvalue weighted by molar-refractivity contribution is 0.165. The monoisotopic (exact) mass is 366 g/mol. The lowest BCUT2D eigenvalue weighted by Gasteiger charge is -2.50. The van der Waals surface area contributed by atoms with Crippen molar-refractivity contribution in [1.82, 2.24) is 5.32 Å². The first kappa shape index (κ1) is 19.7. The molecule has 4 heteroatoms. The summed E-state index contributed by atoms with van der Waals surface area (Å²) < 4.78 is 0. The van der Waals surface area contributed by atoms with E-state index in [9.17, 15) is 0 Å². The van der Waals surface area contributed by atoms with E-state index in [4.69, 9.17) is 29.6 Å². The second-order valence-corrected chi connectivity index (χ2v) is 8.85. The van der Waals surface area contributed by atoms with Crippen molar-refractivity contribution in [2.45, 2.75) is 70.9 Å². The summed E-state index contributed by atoms with van der Waals surface area (Å²) in [6.07, 6.45) is 4.74. The minimum atomic E-state index is -0.0861. The van der Waals surface area contributed by atoms with E-state index < -0.39 is 0 Å². The Morgan fingerprint density at radius 3 is 2.21 bits per heavy atom. The van der Waals surface area contributed by atoms with E-state index in [0.29, 0.717) is 17.9 Å². The zero-order valence-corrected chi connectivity index (χ0v) is 16.9. The zero-order chi connectivity index (χ0) is 17.9. The van der Waals surface area contributed by atoms with Crippen LogP contribution >= 0.6 is 23.8 Å². The number of halogens is 1. The highest BCUT2D eigenvalue weighted by Crippen LogP contribution is 2.48. The minimum absolute atomic E-state index is 0.0861. The number of rotatable bonds is 7. The molecule has 0 spiro atoms. The van der Waals surface area contributed by atoms with Gasteiger partial charge in [0.15, 0.2) is 0 Å². The van der Waals surface area contributed by atoms with Crippen LogP contribution in [0.2, 0.25) is 5.02 Å². The van der Waals surface area contributed by atoms with Gasteiger partial charge in [-0.25, -0.2) is 0 Å². The number of nitrogens with two attached hydrogens (primary N) is 1. The fraction of sp³-hybridized carbons (Fsp3) is 0.650. The van der Waals surface area contributed by atoms with Gasteiger partial charge in [0.25, 0.3) is 0 Å². The number of hydrogen-bond acceptors (Lipinski definition) is 2. The van der Waals surface area contributed by atoms with Crippen LogP contribution < -0.4 is 11.1 Å². The quantitative estimate of drug-likeness (QED) is 0.661. The first-order valence-corrected chi connectivity index (χ1v) is 9.87. The van der Waals surface area contributed by atoms with Gasteiger partial charge in [0.2, 0.25) is 0 Å². The molecule has 0 amide bonds. The Bertz CT molecular complexity index is 549. The molecule has 1 aromatic carbocycles. The molecule has 2 unspecified atom stereocenters. The molecule has 0 aliphatic heterocycles. The van der Waals surface area contributed by atoms with Gasteiger partial charge in [0, 0.05) is 16.5 Å². The summed E-state index contributed by atoms with van der Waals surface area (Å²) in [5.74, 6) is 0.947. The molecule has 0 heterocycles. The number of benzene rings is 1. The summed E-state index contributed by atoms with van der Waals surface area (Å²) in [6, 6.07) is 8.61. The van der Waals surface area contributed by atoms with Crippen molar-refractivity contribution in [1.29, 1.82) is 0 Å². The molecule has 2 nitrogen and oxygen atoms in total. The summed E-state index contributed by atoms with van der Waals surface area (Å²) >= 11 is 11.7. The van der Waals surface area contributed by atoms with E-state index in [1.54, 1.807) is 0 Å². The van der Waals surface area contributed by atoms with E-state index in [0.717, 1.165) is 16.4 Å². The molecule has 0 saturated heterocycles. The van der Waals surface area contributed by atoms with Crippen molar-refractivity contribution >= 4 is 28.8 Å². The Hall–Kier alpha value is -0.640. The summed E-state index contributed by atoms with van der Waals surface area (Å²) in [4.78, 5) is 0.802. The molecule has 134 valence electrons. The number of hydrogen-bond donors (Lipinski definition) is 2. The summed E-state index contributed by atoms with van der Waals surface area (Å²) in [5.41, 5.74) is 7.80. The molecule has 24 heavy (non-hydrogen) atoms. The average Bonchev–Trinajstić information content (AvgIpc) is 2.46. The zero-order valence-electron chi connectivity index (χ0n) is 15.3. The molecule has 0 aromatic heterocycles. The molecule has 1 fully saturated rings. The Morgan fingerprint density at radius 2 is 1.79 bits per heavy atom. The first-order chi connectivity index (χ1) is 11.3. The van der Waals surface area contributed by atoms with Gasteiger partial charge in [-0.1, -0.05) is 70.1 Å². The first-order valence-electron chi connectivity index (χ1n) is 9.08. The Morgan fingerprint density at radius 1 is 1.21 bits per heavy atom. The van der Waals surface area contributed by atoms with Crippen molar-refractivity contribution in [3.63, 3.8) is 0 Å². The SMILES string of the molecule is CC(C)CC(NC(=S)C(N)C(C)C)C1(c2ccc(Cl)cc2)CCC1. The van der Waals surface area contributed by atoms with Crippen LogP contribution in [0.3, 0.4) is 0 Å². The fourth-order valence-electron chi connectivity index (χ4n) is 3.64. The second-order valence-electron chi connectivity index (χ2n) is 7.98. The molecule has 1 aromatic rings. The lowest BCUT2D eigenvalue weighted by Crippen LogP contribution is -2.57. The maximum Gasteiger partial charge on any atom is 0.0928 e. The third-order valence-corrected chi connectivity index (χ3v) is 6.02. The molecular formula is C20H31ClN2S. The highest BCUT2D eigenvalue weighted by Gasteiger charge is 2.46. The van der Waals surface area contributed by atoms with Gasteiger partial charge in [-0.05, 0) is 48.8 Å². The fourth-order valence-corrected chi connectivity index (χ4v) is 4.18. The Labute approximate surface area is 157 Å². The third-order valence-electron chi connectivity index (χ3n) is 5.38. The van der Waals surface area contributed by atoms with Crippen LogP contribution in [0.1, 0.15) is 58.9 Å². The van der Waals surface area contributed by atoms with E-state index in [1.165, 1.54) is 24.8 Å². The average molecular weight is 367 g/mol. The highest BCUT2D eigenvalue weighted by molar-refractivity contribution is 7.80. The predicted octanol–water partition coefficient (Wildman–Crippen LogP) is 5.08. The minimum Gasteiger partial charge on any atom is -0.375 e. The Balaban J connectivity index is 2.27. The smallest absolute Gasteiger partial charge is 0.0928 e. The molecule has 1 aliphatic rings. The van der Waals surface area contributed by atoms with Crippen molar-refractivity contribution in [3.05, 3.63) is 34.9 Å². The molecule has 1 aliphatic carbocycles. The largest absolute Gasteiger partial charge is 0.375 e. The van der Waals surface area contributed by atoms with Gasteiger partial charge >= 0.3 is 0 Å². The van der Waals surface area contributed by atoms with Gasteiger partial charge in [-0.2, -0.15) is 0 Å². The van der Waals surface area contributed by atoms with Gasteiger partial charge in [0.1, 0.15) is 0 Å². The van der Waals surface area contributed by atoms with E-state index in [2.05, 4.69) is 45.1 Å². The van der Waals surface area contributed by atoms with Crippen LogP contribution in [0.25, 0.3) is 0 Å². The van der Waals surface area contributed by atoms with Crippen molar-refractivity contribution < 1.29 is 0 Å². The summed E-state index contributed by atoms with van der Waals surface area (Å²) in [7, 11) is 0.